The number of carbonyl (C=O) groups is 1. The van der Waals surface area contributed by atoms with E-state index in [1.54, 1.807) is 13.0 Å². The molecule has 1 atom stereocenters. The van der Waals surface area contributed by atoms with Gasteiger partial charge in [0.15, 0.2) is 0 Å². The number of nitrogens with one attached hydrogen (secondary N) is 1. The van der Waals surface area contributed by atoms with E-state index in [-0.39, 0.29) is 24.1 Å². The molecule has 0 saturated heterocycles. The molecule has 5 heteroatoms. The lowest BCUT2D eigenvalue weighted by Gasteiger charge is -2.14. The fraction of sp³-hybridized carbons (Fsp3) is 0.312. The molecular weight excluding hydrogens is 266 g/mol. The standard InChI is InChI=1S/C16H19N3O2/c1-12-8-9-16(21)19(18-12)11-15(20)17-13(2)10-14-6-4-3-5-7-14/h3-9,13H,10-11H2,1-2H3,(H,17,20). The summed E-state index contributed by atoms with van der Waals surface area (Å²) >= 11 is 0. The van der Waals surface area contributed by atoms with Crippen LogP contribution in [-0.2, 0) is 17.8 Å². The van der Waals surface area contributed by atoms with Gasteiger partial charge in [0.2, 0.25) is 5.91 Å². The quantitative estimate of drug-likeness (QED) is 0.900. The Balaban J connectivity index is 1.92. The fourth-order valence-corrected chi connectivity index (χ4v) is 2.14. The van der Waals surface area contributed by atoms with Gasteiger partial charge >= 0.3 is 0 Å². The van der Waals surface area contributed by atoms with Crippen molar-refractivity contribution in [1.29, 1.82) is 0 Å². The summed E-state index contributed by atoms with van der Waals surface area (Å²) in [5.41, 5.74) is 1.60. The maximum atomic E-state index is 12.0. The SMILES string of the molecule is Cc1ccc(=O)n(CC(=O)NC(C)Cc2ccccc2)n1. The number of amides is 1. The van der Waals surface area contributed by atoms with Crippen LogP contribution in [0.3, 0.4) is 0 Å². The molecule has 1 aromatic carbocycles. The molecule has 1 aromatic heterocycles. The van der Waals surface area contributed by atoms with Crippen LogP contribution in [0.5, 0.6) is 0 Å². The average molecular weight is 285 g/mol. The molecule has 0 aliphatic heterocycles. The van der Waals surface area contributed by atoms with Crippen LogP contribution in [0.2, 0.25) is 0 Å². The summed E-state index contributed by atoms with van der Waals surface area (Å²) < 4.78 is 1.18. The van der Waals surface area contributed by atoms with Crippen molar-refractivity contribution in [3.8, 4) is 0 Å². The average Bonchev–Trinajstić information content (AvgIpc) is 2.43. The van der Waals surface area contributed by atoms with Gasteiger partial charge in [0.25, 0.3) is 5.56 Å². The van der Waals surface area contributed by atoms with Gasteiger partial charge in [-0.3, -0.25) is 9.59 Å². The molecule has 2 rings (SSSR count). The summed E-state index contributed by atoms with van der Waals surface area (Å²) in [7, 11) is 0. The normalized spacial score (nSPS) is 11.9. The second kappa shape index (κ2) is 6.83. The van der Waals surface area contributed by atoms with Gasteiger partial charge in [-0.05, 0) is 31.9 Å². The Hall–Kier alpha value is -2.43. The Morgan fingerprint density at radius 1 is 1.24 bits per heavy atom. The molecule has 5 nitrogen and oxygen atoms in total. The van der Waals surface area contributed by atoms with Crippen LogP contribution in [0.1, 0.15) is 18.2 Å². The first kappa shape index (κ1) is 15.0. The number of nitrogens with zero attached hydrogens (tertiary/aromatic N) is 2. The molecule has 1 heterocycles. The molecular formula is C16H19N3O2. The van der Waals surface area contributed by atoms with E-state index < -0.39 is 0 Å². The van der Waals surface area contributed by atoms with Crippen LogP contribution in [-0.4, -0.2) is 21.7 Å². The molecule has 21 heavy (non-hydrogen) atoms. The van der Waals surface area contributed by atoms with E-state index in [0.29, 0.717) is 5.69 Å². The lowest BCUT2D eigenvalue weighted by Crippen LogP contribution is -2.39. The highest BCUT2D eigenvalue weighted by Gasteiger charge is 2.10. The summed E-state index contributed by atoms with van der Waals surface area (Å²) in [5.74, 6) is -0.210. The molecule has 1 N–H and O–H groups in total. The van der Waals surface area contributed by atoms with Crippen molar-refractivity contribution >= 4 is 5.91 Å². The number of hydrogen-bond acceptors (Lipinski definition) is 3. The van der Waals surface area contributed by atoms with Crippen LogP contribution in [0.4, 0.5) is 0 Å². The number of carbonyl (C=O) groups excluding carboxylic acids is 1. The fourth-order valence-electron chi connectivity index (χ4n) is 2.14. The minimum absolute atomic E-state index is 0.000381. The van der Waals surface area contributed by atoms with Crippen molar-refractivity contribution in [2.45, 2.75) is 32.9 Å². The number of hydrogen-bond donors (Lipinski definition) is 1. The van der Waals surface area contributed by atoms with Gasteiger partial charge in [0, 0.05) is 12.1 Å². The Bertz CT molecular complexity index is 665. The lowest BCUT2D eigenvalue weighted by atomic mass is 10.1. The number of aryl methyl sites for hydroxylation is 1. The largest absolute Gasteiger partial charge is 0.352 e. The van der Waals surface area contributed by atoms with E-state index in [2.05, 4.69) is 10.4 Å². The van der Waals surface area contributed by atoms with Gasteiger partial charge in [-0.2, -0.15) is 5.10 Å². The second-order valence-electron chi connectivity index (χ2n) is 5.13. The molecule has 0 fully saturated rings. The van der Waals surface area contributed by atoms with Gasteiger partial charge in [0.1, 0.15) is 6.54 Å². The Labute approximate surface area is 123 Å². The molecule has 2 aromatic rings. The molecule has 1 amide bonds. The molecule has 0 aliphatic carbocycles. The maximum absolute atomic E-state index is 12.0. The highest BCUT2D eigenvalue weighted by atomic mass is 16.2. The van der Waals surface area contributed by atoms with E-state index in [9.17, 15) is 9.59 Å². The third-order valence-electron chi connectivity index (χ3n) is 3.09. The lowest BCUT2D eigenvalue weighted by molar-refractivity contribution is -0.122. The predicted molar refractivity (Wildman–Crippen MR) is 81.0 cm³/mol. The van der Waals surface area contributed by atoms with Gasteiger partial charge in [-0.1, -0.05) is 30.3 Å². The Morgan fingerprint density at radius 2 is 1.95 bits per heavy atom. The highest BCUT2D eigenvalue weighted by molar-refractivity contribution is 5.75. The first-order chi connectivity index (χ1) is 10.0. The number of benzene rings is 1. The van der Waals surface area contributed by atoms with E-state index in [1.807, 2.05) is 37.3 Å². The molecule has 0 bridgehead atoms. The molecule has 0 saturated carbocycles. The summed E-state index contributed by atoms with van der Waals surface area (Å²) in [6.45, 7) is 3.67. The summed E-state index contributed by atoms with van der Waals surface area (Å²) in [6, 6.07) is 13.0. The Morgan fingerprint density at radius 3 is 2.67 bits per heavy atom. The monoisotopic (exact) mass is 285 g/mol. The van der Waals surface area contributed by atoms with Gasteiger partial charge in [-0.25, -0.2) is 4.68 Å². The smallest absolute Gasteiger partial charge is 0.267 e. The van der Waals surface area contributed by atoms with Crippen molar-refractivity contribution < 1.29 is 4.79 Å². The van der Waals surface area contributed by atoms with E-state index >= 15 is 0 Å². The van der Waals surface area contributed by atoms with Crippen molar-refractivity contribution in [3.05, 3.63) is 64.1 Å². The molecule has 110 valence electrons. The van der Waals surface area contributed by atoms with E-state index in [0.717, 1.165) is 12.0 Å². The first-order valence-electron chi connectivity index (χ1n) is 6.92. The second-order valence-corrected chi connectivity index (χ2v) is 5.13. The molecule has 0 aliphatic rings. The molecule has 1 unspecified atom stereocenters. The third-order valence-corrected chi connectivity index (χ3v) is 3.09. The summed E-state index contributed by atoms with van der Waals surface area (Å²) in [6.07, 6.45) is 0.753. The zero-order chi connectivity index (χ0) is 15.2. The van der Waals surface area contributed by atoms with Crippen LogP contribution in [0.15, 0.2) is 47.3 Å². The van der Waals surface area contributed by atoms with Gasteiger partial charge in [0.05, 0.1) is 5.69 Å². The van der Waals surface area contributed by atoms with Gasteiger partial charge in [-0.15, -0.1) is 0 Å². The molecule has 0 radical (unpaired) electrons. The third kappa shape index (κ3) is 4.56. The zero-order valence-corrected chi connectivity index (χ0v) is 12.2. The van der Waals surface area contributed by atoms with Crippen LogP contribution in [0.25, 0.3) is 0 Å². The Kier molecular flexibility index (Phi) is 4.87. The van der Waals surface area contributed by atoms with Crippen LogP contribution >= 0.6 is 0 Å². The predicted octanol–water partition coefficient (Wildman–Crippen LogP) is 1.30. The zero-order valence-electron chi connectivity index (χ0n) is 12.2. The van der Waals surface area contributed by atoms with Crippen LogP contribution < -0.4 is 10.9 Å². The van der Waals surface area contributed by atoms with Crippen molar-refractivity contribution in [2.75, 3.05) is 0 Å². The van der Waals surface area contributed by atoms with Crippen molar-refractivity contribution in [1.82, 2.24) is 15.1 Å². The minimum atomic E-state index is -0.272. The first-order valence-corrected chi connectivity index (χ1v) is 6.92. The molecule has 0 spiro atoms. The van der Waals surface area contributed by atoms with Crippen molar-refractivity contribution in [3.63, 3.8) is 0 Å². The highest BCUT2D eigenvalue weighted by Crippen LogP contribution is 2.02. The number of aromatic nitrogens is 2. The maximum Gasteiger partial charge on any atom is 0.267 e. The van der Waals surface area contributed by atoms with Gasteiger partial charge < -0.3 is 5.32 Å². The number of rotatable bonds is 5. The van der Waals surface area contributed by atoms with E-state index in [4.69, 9.17) is 0 Å². The minimum Gasteiger partial charge on any atom is -0.352 e. The topological polar surface area (TPSA) is 64.0 Å². The van der Waals surface area contributed by atoms with Crippen molar-refractivity contribution in [2.24, 2.45) is 0 Å². The summed E-state index contributed by atoms with van der Waals surface area (Å²) in [5, 5.41) is 6.93. The van der Waals surface area contributed by atoms with E-state index in [1.165, 1.54) is 10.7 Å². The van der Waals surface area contributed by atoms with Crippen LogP contribution in [0, 0.1) is 6.92 Å². The summed E-state index contributed by atoms with van der Waals surface area (Å²) in [4.78, 5) is 23.6.